The number of nitrogens with one attached hydrogen (secondary N) is 2. The third-order valence-electron chi connectivity index (χ3n) is 5.00. The van der Waals surface area contributed by atoms with Crippen LogP contribution in [-0.2, 0) is 14.8 Å². The molecule has 3 rings (SSSR count). The molecule has 2 aromatic carbocycles. The average Bonchev–Trinajstić information content (AvgIpc) is 3.23. The molecule has 8 nitrogen and oxygen atoms in total. The molecule has 0 aliphatic carbocycles. The fourth-order valence-corrected chi connectivity index (χ4v) is 4.51. The van der Waals surface area contributed by atoms with E-state index in [0.717, 1.165) is 0 Å². The van der Waals surface area contributed by atoms with Crippen molar-refractivity contribution >= 4 is 27.5 Å². The van der Waals surface area contributed by atoms with Crippen LogP contribution in [0.3, 0.4) is 0 Å². The summed E-state index contributed by atoms with van der Waals surface area (Å²) >= 11 is 0. The van der Waals surface area contributed by atoms with Crippen LogP contribution in [-0.4, -0.2) is 50.9 Å². The molecule has 0 bridgehead atoms. The van der Waals surface area contributed by atoms with Gasteiger partial charge in [-0.3, -0.25) is 14.3 Å². The first kappa shape index (κ1) is 22.6. The summed E-state index contributed by atoms with van der Waals surface area (Å²) in [7, 11) is -3.87. The van der Waals surface area contributed by atoms with Crippen molar-refractivity contribution in [2.75, 3.05) is 24.4 Å². The van der Waals surface area contributed by atoms with E-state index in [1.54, 1.807) is 35.2 Å². The van der Waals surface area contributed by atoms with E-state index in [0.29, 0.717) is 44.0 Å². The van der Waals surface area contributed by atoms with Gasteiger partial charge in [-0.1, -0.05) is 13.0 Å². The number of nitrogens with zero attached hydrogens (tertiary/aromatic N) is 1. The van der Waals surface area contributed by atoms with Crippen LogP contribution >= 0.6 is 0 Å². The van der Waals surface area contributed by atoms with Crippen LogP contribution in [0, 0.1) is 0 Å². The maximum atomic E-state index is 12.8. The number of rotatable bonds is 8. The first-order valence-electron chi connectivity index (χ1n) is 10.3. The quantitative estimate of drug-likeness (QED) is 0.650. The van der Waals surface area contributed by atoms with Crippen molar-refractivity contribution in [3.05, 3.63) is 54.1 Å². The molecular formula is C22H27N3O5S. The minimum absolute atomic E-state index is 0.0109. The van der Waals surface area contributed by atoms with Gasteiger partial charge in [-0.2, -0.15) is 0 Å². The van der Waals surface area contributed by atoms with Gasteiger partial charge in [0.1, 0.15) is 5.75 Å². The highest BCUT2D eigenvalue weighted by Crippen LogP contribution is 2.20. The molecule has 31 heavy (non-hydrogen) atoms. The van der Waals surface area contributed by atoms with E-state index in [4.69, 9.17) is 4.74 Å². The van der Waals surface area contributed by atoms with Crippen LogP contribution < -0.4 is 14.8 Å². The molecule has 0 spiro atoms. The van der Waals surface area contributed by atoms with Gasteiger partial charge in [0, 0.05) is 36.8 Å². The highest BCUT2D eigenvalue weighted by Gasteiger charge is 2.27. The van der Waals surface area contributed by atoms with Crippen molar-refractivity contribution in [2.45, 2.75) is 37.6 Å². The van der Waals surface area contributed by atoms with Crippen LogP contribution in [0.15, 0.2) is 53.4 Å². The number of sulfonamides is 1. The van der Waals surface area contributed by atoms with Crippen molar-refractivity contribution in [3.8, 4) is 5.75 Å². The largest absolute Gasteiger partial charge is 0.494 e. The lowest BCUT2D eigenvalue weighted by atomic mass is 10.2. The number of benzene rings is 2. The summed E-state index contributed by atoms with van der Waals surface area (Å²) in [4.78, 5) is 26.2. The summed E-state index contributed by atoms with van der Waals surface area (Å²) in [6.07, 6.45) is 1.11. The van der Waals surface area contributed by atoms with E-state index in [1.807, 2.05) is 13.8 Å². The maximum Gasteiger partial charge on any atom is 0.261 e. The number of amides is 2. The smallest absolute Gasteiger partial charge is 0.261 e. The van der Waals surface area contributed by atoms with Gasteiger partial charge in [-0.25, -0.2) is 8.42 Å². The van der Waals surface area contributed by atoms with Gasteiger partial charge >= 0.3 is 0 Å². The first-order chi connectivity index (χ1) is 14.8. The van der Waals surface area contributed by atoms with Gasteiger partial charge in [-0.05, 0) is 55.8 Å². The Hall–Kier alpha value is -3.07. The van der Waals surface area contributed by atoms with E-state index in [2.05, 4.69) is 10.0 Å². The highest BCUT2D eigenvalue weighted by molar-refractivity contribution is 7.92. The third-order valence-corrected chi connectivity index (χ3v) is 6.38. The van der Waals surface area contributed by atoms with Crippen LogP contribution in [0.5, 0.6) is 5.75 Å². The molecule has 0 aromatic heterocycles. The van der Waals surface area contributed by atoms with Crippen LogP contribution in [0.4, 0.5) is 5.69 Å². The Balaban J connectivity index is 1.67. The van der Waals surface area contributed by atoms with Gasteiger partial charge in [0.15, 0.2) is 0 Å². The molecule has 0 radical (unpaired) electrons. The molecule has 1 heterocycles. The lowest BCUT2D eigenvalue weighted by molar-refractivity contribution is -0.129. The molecule has 1 fully saturated rings. The summed E-state index contributed by atoms with van der Waals surface area (Å²) in [6.45, 7) is 5.27. The topological polar surface area (TPSA) is 105 Å². The van der Waals surface area contributed by atoms with E-state index < -0.39 is 10.0 Å². The zero-order chi connectivity index (χ0) is 22.4. The monoisotopic (exact) mass is 445 g/mol. The van der Waals surface area contributed by atoms with E-state index >= 15 is 0 Å². The van der Waals surface area contributed by atoms with Gasteiger partial charge in [0.25, 0.3) is 15.9 Å². The molecule has 1 atom stereocenters. The summed E-state index contributed by atoms with van der Waals surface area (Å²) in [6, 6.07) is 12.3. The van der Waals surface area contributed by atoms with E-state index in [9.17, 15) is 18.0 Å². The molecule has 2 N–H and O–H groups in total. The standard InChI is InChI=1S/C22H27N3O5S/c1-3-21(26)25-13-12-18(15-25)23-22(27)16-6-5-7-20(14-16)31(28,29)24-17-8-10-19(11-9-17)30-4-2/h5-11,14,18,24H,3-4,12-13,15H2,1-2H3,(H,23,27). The van der Waals surface area contributed by atoms with E-state index in [1.165, 1.54) is 18.2 Å². The molecule has 1 saturated heterocycles. The number of ether oxygens (including phenoxy) is 1. The normalized spacial score (nSPS) is 16.1. The maximum absolute atomic E-state index is 12.8. The summed E-state index contributed by atoms with van der Waals surface area (Å²) < 4.78 is 33.4. The second-order valence-corrected chi connectivity index (χ2v) is 8.93. The molecule has 0 saturated carbocycles. The molecule has 2 aromatic rings. The Bertz CT molecular complexity index is 1040. The zero-order valence-electron chi connectivity index (χ0n) is 17.6. The lowest BCUT2D eigenvalue weighted by Crippen LogP contribution is -2.38. The van der Waals surface area contributed by atoms with Crippen molar-refractivity contribution in [1.82, 2.24) is 10.2 Å². The molecule has 9 heteroatoms. The Labute approximate surface area is 182 Å². The SMILES string of the molecule is CCOc1ccc(NS(=O)(=O)c2cccc(C(=O)NC3CCN(C(=O)CC)C3)c2)cc1. The van der Waals surface area contributed by atoms with Gasteiger partial charge < -0.3 is 15.0 Å². The Morgan fingerprint density at radius 1 is 1.13 bits per heavy atom. The predicted octanol–water partition coefficient (Wildman–Crippen LogP) is 2.63. The Kier molecular flexibility index (Phi) is 7.17. The summed E-state index contributed by atoms with van der Waals surface area (Å²) in [5, 5.41) is 2.89. The molecule has 2 amide bonds. The lowest BCUT2D eigenvalue weighted by Gasteiger charge is -2.16. The summed E-state index contributed by atoms with van der Waals surface area (Å²) in [5.74, 6) is 0.342. The van der Waals surface area contributed by atoms with Crippen molar-refractivity contribution in [1.29, 1.82) is 0 Å². The first-order valence-corrected chi connectivity index (χ1v) is 11.7. The number of hydrogen-bond acceptors (Lipinski definition) is 5. The summed E-state index contributed by atoms with van der Waals surface area (Å²) in [5.41, 5.74) is 0.639. The third kappa shape index (κ3) is 5.75. The van der Waals surface area contributed by atoms with Gasteiger partial charge in [0.2, 0.25) is 5.91 Å². The number of anilines is 1. The van der Waals surface area contributed by atoms with Gasteiger partial charge in [-0.15, -0.1) is 0 Å². The second-order valence-electron chi connectivity index (χ2n) is 7.24. The molecule has 1 unspecified atom stereocenters. The predicted molar refractivity (Wildman–Crippen MR) is 118 cm³/mol. The highest BCUT2D eigenvalue weighted by atomic mass is 32.2. The average molecular weight is 446 g/mol. The Morgan fingerprint density at radius 3 is 2.55 bits per heavy atom. The minimum Gasteiger partial charge on any atom is -0.494 e. The number of likely N-dealkylation sites (tertiary alicyclic amines) is 1. The molecule has 166 valence electrons. The number of carbonyl (C=O) groups is 2. The fraction of sp³-hybridized carbons (Fsp3) is 0.364. The van der Waals surface area contributed by atoms with Crippen LogP contribution in [0.2, 0.25) is 0 Å². The molecule has 1 aliphatic rings. The number of hydrogen-bond donors (Lipinski definition) is 2. The van der Waals surface area contributed by atoms with E-state index in [-0.39, 0.29) is 28.3 Å². The van der Waals surface area contributed by atoms with Crippen molar-refractivity contribution < 1.29 is 22.7 Å². The second kappa shape index (κ2) is 9.82. The number of carbonyl (C=O) groups excluding carboxylic acids is 2. The van der Waals surface area contributed by atoms with Crippen molar-refractivity contribution in [3.63, 3.8) is 0 Å². The Morgan fingerprint density at radius 2 is 1.87 bits per heavy atom. The fourth-order valence-electron chi connectivity index (χ4n) is 3.40. The van der Waals surface area contributed by atoms with Crippen LogP contribution in [0.1, 0.15) is 37.0 Å². The molecular weight excluding hydrogens is 418 g/mol. The molecule has 1 aliphatic heterocycles. The van der Waals surface area contributed by atoms with Crippen LogP contribution in [0.25, 0.3) is 0 Å². The zero-order valence-corrected chi connectivity index (χ0v) is 18.4. The minimum atomic E-state index is -3.87. The van der Waals surface area contributed by atoms with Gasteiger partial charge in [0.05, 0.1) is 11.5 Å². The van der Waals surface area contributed by atoms with Crippen molar-refractivity contribution in [2.24, 2.45) is 0 Å².